The van der Waals surface area contributed by atoms with E-state index in [9.17, 15) is 4.79 Å². The van der Waals surface area contributed by atoms with Crippen molar-refractivity contribution in [3.8, 4) is 23.0 Å². The van der Waals surface area contributed by atoms with Crippen molar-refractivity contribution in [1.82, 2.24) is 0 Å². The number of ether oxygens (including phenoxy) is 2. The smallest absolute Gasteiger partial charge is 0.193 e. The van der Waals surface area contributed by atoms with E-state index in [0.717, 1.165) is 9.79 Å². The zero-order valence-corrected chi connectivity index (χ0v) is 17.6. The molecule has 148 valence electrons. The van der Waals surface area contributed by atoms with Gasteiger partial charge in [0.2, 0.25) is 0 Å². The number of rotatable bonds is 6. The predicted octanol–water partition coefficient (Wildman–Crippen LogP) is 7.08. The minimum Gasteiger partial charge on any atom is -0.457 e. The number of ketones is 1. The van der Waals surface area contributed by atoms with Gasteiger partial charge in [-0.2, -0.15) is 0 Å². The van der Waals surface area contributed by atoms with Gasteiger partial charge < -0.3 is 9.47 Å². The van der Waals surface area contributed by atoms with Crippen molar-refractivity contribution in [2.75, 3.05) is 0 Å². The normalized spacial score (nSPS) is 10.5. The largest absolute Gasteiger partial charge is 0.457 e. The van der Waals surface area contributed by atoms with E-state index in [0.29, 0.717) is 34.1 Å². The van der Waals surface area contributed by atoms with Gasteiger partial charge in [0.15, 0.2) is 5.78 Å². The summed E-state index contributed by atoms with van der Waals surface area (Å²) in [5.41, 5.74) is 1.18. The van der Waals surface area contributed by atoms with E-state index in [2.05, 4.69) is 25.3 Å². The van der Waals surface area contributed by atoms with Gasteiger partial charge in [0.05, 0.1) is 0 Å². The molecule has 3 nitrogen and oxygen atoms in total. The second-order valence-corrected chi connectivity index (χ2v) is 7.60. The number of thiol groups is 2. The third kappa shape index (κ3) is 5.06. The fourth-order valence-corrected chi connectivity index (χ4v) is 3.11. The Morgan fingerprint density at radius 2 is 0.733 bits per heavy atom. The first-order valence-electron chi connectivity index (χ1n) is 9.25. The zero-order chi connectivity index (χ0) is 20.9. The summed E-state index contributed by atoms with van der Waals surface area (Å²) in [6, 6.07) is 29.0. The van der Waals surface area contributed by atoms with E-state index in [-0.39, 0.29) is 5.78 Å². The molecule has 0 heterocycles. The molecule has 4 aromatic rings. The number of benzene rings is 4. The van der Waals surface area contributed by atoms with E-state index in [1.54, 1.807) is 48.5 Å². The van der Waals surface area contributed by atoms with Crippen LogP contribution in [0, 0.1) is 0 Å². The van der Waals surface area contributed by atoms with Crippen LogP contribution < -0.4 is 9.47 Å². The van der Waals surface area contributed by atoms with Gasteiger partial charge in [-0.1, -0.05) is 0 Å². The average Bonchev–Trinajstić information content (AvgIpc) is 2.77. The Hall–Kier alpha value is -3.15. The molecule has 0 aliphatic carbocycles. The maximum Gasteiger partial charge on any atom is 0.193 e. The van der Waals surface area contributed by atoms with Crippen molar-refractivity contribution >= 4 is 31.0 Å². The van der Waals surface area contributed by atoms with Crippen LogP contribution in [0.2, 0.25) is 0 Å². The van der Waals surface area contributed by atoms with Crippen LogP contribution >= 0.6 is 25.3 Å². The quantitative estimate of drug-likeness (QED) is 0.253. The molecule has 0 atom stereocenters. The summed E-state index contributed by atoms with van der Waals surface area (Å²) in [7, 11) is 0. The molecular formula is C25H18O3S2. The number of hydrogen-bond donors (Lipinski definition) is 2. The minimum absolute atomic E-state index is 0.0630. The maximum atomic E-state index is 12.8. The lowest BCUT2D eigenvalue weighted by Gasteiger charge is -2.08. The fourth-order valence-electron chi connectivity index (χ4n) is 2.82. The molecule has 0 radical (unpaired) electrons. The van der Waals surface area contributed by atoms with E-state index < -0.39 is 0 Å². The molecule has 0 unspecified atom stereocenters. The highest BCUT2D eigenvalue weighted by Crippen LogP contribution is 2.25. The van der Waals surface area contributed by atoms with Gasteiger partial charge in [0, 0.05) is 20.9 Å². The fraction of sp³-hybridized carbons (Fsp3) is 0. The Morgan fingerprint density at radius 1 is 0.467 bits per heavy atom. The van der Waals surface area contributed by atoms with Crippen molar-refractivity contribution < 1.29 is 14.3 Å². The minimum atomic E-state index is -0.0630. The summed E-state index contributed by atoms with van der Waals surface area (Å²) in [4.78, 5) is 14.5. The number of carbonyl (C=O) groups excluding carboxylic acids is 1. The lowest BCUT2D eigenvalue weighted by molar-refractivity contribution is 0.103. The number of carbonyl (C=O) groups is 1. The molecule has 4 aromatic carbocycles. The van der Waals surface area contributed by atoms with Crippen LogP contribution in [0.1, 0.15) is 15.9 Å². The summed E-state index contributed by atoms with van der Waals surface area (Å²) in [5, 5.41) is 0. The predicted molar refractivity (Wildman–Crippen MR) is 124 cm³/mol. The first kappa shape index (κ1) is 20.1. The van der Waals surface area contributed by atoms with E-state index in [1.807, 2.05) is 48.5 Å². The van der Waals surface area contributed by atoms with E-state index in [1.165, 1.54) is 0 Å². The van der Waals surface area contributed by atoms with Crippen LogP contribution in [0.4, 0.5) is 0 Å². The van der Waals surface area contributed by atoms with Crippen LogP contribution in [-0.2, 0) is 0 Å². The molecule has 0 aromatic heterocycles. The molecule has 30 heavy (non-hydrogen) atoms. The Morgan fingerprint density at radius 3 is 1.03 bits per heavy atom. The summed E-state index contributed by atoms with van der Waals surface area (Å²) < 4.78 is 11.6. The first-order valence-corrected chi connectivity index (χ1v) is 10.1. The molecule has 0 aliphatic rings. The van der Waals surface area contributed by atoms with Gasteiger partial charge in [-0.15, -0.1) is 25.3 Å². The highest BCUT2D eigenvalue weighted by molar-refractivity contribution is 7.80. The van der Waals surface area contributed by atoms with Crippen molar-refractivity contribution in [2.45, 2.75) is 9.79 Å². The van der Waals surface area contributed by atoms with Gasteiger partial charge in [-0.25, -0.2) is 0 Å². The van der Waals surface area contributed by atoms with Crippen LogP contribution in [0.15, 0.2) is 107 Å². The van der Waals surface area contributed by atoms with Gasteiger partial charge in [0.1, 0.15) is 23.0 Å². The zero-order valence-electron chi connectivity index (χ0n) is 15.9. The Kier molecular flexibility index (Phi) is 6.12. The highest BCUT2D eigenvalue weighted by atomic mass is 32.1. The second-order valence-electron chi connectivity index (χ2n) is 6.57. The van der Waals surface area contributed by atoms with Crippen LogP contribution in [-0.4, -0.2) is 5.78 Å². The Bertz CT molecular complexity index is 1040. The van der Waals surface area contributed by atoms with Crippen LogP contribution in [0.25, 0.3) is 0 Å². The topological polar surface area (TPSA) is 35.5 Å². The summed E-state index contributed by atoms with van der Waals surface area (Å²) >= 11 is 8.52. The standard InChI is InChI=1S/C25H18O3S2/c26-25(17-1-5-19(6-2-17)27-21-9-13-23(29)14-10-21)18-3-7-20(8-4-18)28-22-11-15-24(30)16-12-22/h1-16,29-30H. The van der Waals surface area contributed by atoms with E-state index >= 15 is 0 Å². The van der Waals surface area contributed by atoms with Gasteiger partial charge in [-0.3, -0.25) is 4.79 Å². The molecule has 0 N–H and O–H groups in total. The summed E-state index contributed by atoms with van der Waals surface area (Å²) in [6.07, 6.45) is 0. The van der Waals surface area contributed by atoms with Crippen molar-refractivity contribution in [3.05, 3.63) is 108 Å². The Labute approximate surface area is 186 Å². The van der Waals surface area contributed by atoms with Crippen molar-refractivity contribution in [3.63, 3.8) is 0 Å². The molecule has 0 bridgehead atoms. The number of hydrogen-bond acceptors (Lipinski definition) is 5. The van der Waals surface area contributed by atoms with Gasteiger partial charge in [-0.05, 0) is 97.1 Å². The maximum absolute atomic E-state index is 12.8. The highest BCUT2D eigenvalue weighted by Gasteiger charge is 2.10. The molecular weight excluding hydrogens is 412 g/mol. The molecule has 0 fully saturated rings. The molecule has 0 saturated carbocycles. The van der Waals surface area contributed by atoms with Crippen molar-refractivity contribution in [2.24, 2.45) is 0 Å². The molecule has 4 rings (SSSR count). The SMILES string of the molecule is O=C(c1ccc(Oc2ccc(S)cc2)cc1)c1ccc(Oc2ccc(S)cc2)cc1. The van der Waals surface area contributed by atoms with Crippen LogP contribution in [0.5, 0.6) is 23.0 Å². The van der Waals surface area contributed by atoms with Crippen molar-refractivity contribution in [1.29, 1.82) is 0 Å². The lowest BCUT2D eigenvalue weighted by Crippen LogP contribution is -2.01. The third-order valence-corrected chi connectivity index (χ3v) is 4.97. The Balaban J connectivity index is 1.42. The van der Waals surface area contributed by atoms with E-state index in [4.69, 9.17) is 9.47 Å². The third-order valence-electron chi connectivity index (χ3n) is 4.38. The summed E-state index contributed by atoms with van der Waals surface area (Å²) in [6.45, 7) is 0. The molecule has 0 aliphatic heterocycles. The van der Waals surface area contributed by atoms with Gasteiger partial charge in [0.25, 0.3) is 0 Å². The first-order chi connectivity index (χ1) is 14.6. The lowest BCUT2D eigenvalue weighted by atomic mass is 10.0. The molecule has 0 saturated heterocycles. The average molecular weight is 431 g/mol. The monoisotopic (exact) mass is 430 g/mol. The second kappa shape index (κ2) is 9.11. The van der Waals surface area contributed by atoms with Crippen LogP contribution in [0.3, 0.4) is 0 Å². The summed E-state index contributed by atoms with van der Waals surface area (Å²) in [5.74, 6) is 2.69. The molecule has 0 spiro atoms. The molecule has 0 amide bonds. The van der Waals surface area contributed by atoms with Gasteiger partial charge >= 0.3 is 0 Å². The molecule has 5 heteroatoms.